The van der Waals surface area contributed by atoms with Gasteiger partial charge >= 0.3 is 0 Å². The largest absolute Gasteiger partial charge is 0.370 e. The Balaban J connectivity index is 2.16. The molecule has 0 radical (unpaired) electrons. The van der Waals surface area contributed by atoms with E-state index in [9.17, 15) is 19.2 Å². The molecule has 0 aliphatic carbocycles. The molecule has 0 bridgehead atoms. The lowest BCUT2D eigenvalue weighted by Gasteiger charge is -2.28. The Kier molecular flexibility index (Phi) is 3.82. The van der Waals surface area contributed by atoms with Crippen LogP contribution < -0.4 is 5.73 Å². The predicted molar refractivity (Wildman–Crippen MR) is 64.5 cm³/mol. The summed E-state index contributed by atoms with van der Waals surface area (Å²) in [6, 6.07) is -0.922. The third kappa shape index (κ3) is 2.74. The Hall–Kier alpha value is -1.92. The van der Waals surface area contributed by atoms with E-state index < -0.39 is 17.9 Å². The number of imide groups is 1. The topological polar surface area (TPSA) is 101 Å². The zero-order valence-corrected chi connectivity index (χ0v) is 10.6. The molecule has 0 saturated carbocycles. The molecule has 0 aromatic rings. The first kappa shape index (κ1) is 13.5. The zero-order chi connectivity index (χ0) is 14.0. The zero-order valence-electron chi connectivity index (χ0n) is 10.6. The van der Waals surface area contributed by atoms with E-state index in [1.54, 1.807) is 0 Å². The molecule has 0 aromatic carbocycles. The second-order valence-corrected chi connectivity index (χ2v) is 4.86. The van der Waals surface area contributed by atoms with Crippen LogP contribution >= 0.6 is 0 Å². The van der Waals surface area contributed by atoms with Crippen molar-refractivity contribution in [3.05, 3.63) is 0 Å². The van der Waals surface area contributed by atoms with Crippen molar-refractivity contribution in [1.82, 2.24) is 9.80 Å². The average Bonchev–Trinajstić information content (AvgIpc) is 2.94. The summed E-state index contributed by atoms with van der Waals surface area (Å²) in [7, 11) is 0. The molecule has 4 amide bonds. The highest BCUT2D eigenvalue weighted by atomic mass is 16.2. The minimum atomic E-state index is -0.922. The van der Waals surface area contributed by atoms with E-state index in [4.69, 9.17) is 5.73 Å². The van der Waals surface area contributed by atoms with Crippen LogP contribution in [0.4, 0.5) is 0 Å². The van der Waals surface area contributed by atoms with Crippen molar-refractivity contribution < 1.29 is 19.2 Å². The van der Waals surface area contributed by atoms with Crippen molar-refractivity contribution in [2.45, 2.75) is 38.1 Å². The van der Waals surface area contributed by atoms with E-state index in [1.807, 2.05) is 0 Å². The standard InChI is InChI=1S/C12H17N3O4/c13-9(16)7-8(14-5-1-3-10(14)17)12(19)15-6-2-4-11(15)18/h8H,1-7H2,(H2,13,16). The number of primary amides is 1. The Morgan fingerprint density at radius 2 is 1.74 bits per heavy atom. The summed E-state index contributed by atoms with van der Waals surface area (Å²) >= 11 is 0. The van der Waals surface area contributed by atoms with Crippen LogP contribution in [0.2, 0.25) is 0 Å². The number of carbonyl (C=O) groups is 4. The third-order valence-corrected chi connectivity index (χ3v) is 3.51. The summed E-state index contributed by atoms with van der Waals surface area (Å²) in [6.45, 7) is 0.791. The number of rotatable bonds is 4. The van der Waals surface area contributed by atoms with Gasteiger partial charge in [0.1, 0.15) is 6.04 Å². The summed E-state index contributed by atoms with van der Waals surface area (Å²) < 4.78 is 0. The first-order valence-electron chi connectivity index (χ1n) is 6.42. The number of likely N-dealkylation sites (tertiary alicyclic amines) is 2. The van der Waals surface area contributed by atoms with E-state index >= 15 is 0 Å². The summed E-state index contributed by atoms with van der Waals surface area (Å²) in [5, 5.41) is 0. The van der Waals surface area contributed by atoms with E-state index in [-0.39, 0.29) is 18.2 Å². The van der Waals surface area contributed by atoms with Gasteiger partial charge in [-0.3, -0.25) is 24.1 Å². The van der Waals surface area contributed by atoms with Crippen LogP contribution in [0.3, 0.4) is 0 Å². The number of amides is 4. The molecule has 2 rings (SSSR count). The maximum atomic E-state index is 12.3. The van der Waals surface area contributed by atoms with Gasteiger partial charge < -0.3 is 10.6 Å². The third-order valence-electron chi connectivity index (χ3n) is 3.51. The predicted octanol–water partition coefficient (Wildman–Crippen LogP) is -0.998. The number of nitrogens with two attached hydrogens (primary N) is 1. The molecule has 1 atom stereocenters. The second-order valence-electron chi connectivity index (χ2n) is 4.86. The van der Waals surface area contributed by atoms with Crippen molar-refractivity contribution in [2.75, 3.05) is 13.1 Å². The Morgan fingerprint density at radius 3 is 2.21 bits per heavy atom. The molecule has 2 saturated heterocycles. The van der Waals surface area contributed by atoms with Crippen LogP contribution in [-0.2, 0) is 19.2 Å². The van der Waals surface area contributed by atoms with Crippen LogP contribution in [0.5, 0.6) is 0 Å². The van der Waals surface area contributed by atoms with E-state index in [0.29, 0.717) is 38.8 Å². The van der Waals surface area contributed by atoms with Gasteiger partial charge in [0.2, 0.25) is 17.7 Å². The quantitative estimate of drug-likeness (QED) is 0.706. The van der Waals surface area contributed by atoms with Gasteiger partial charge in [-0.1, -0.05) is 0 Å². The molecule has 7 nitrogen and oxygen atoms in total. The molecule has 7 heteroatoms. The van der Waals surface area contributed by atoms with E-state index in [0.717, 1.165) is 4.90 Å². The molecule has 104 valence electrons. The summed E-state index contributed by atoms with van der Waals surface area (Å²) in [5.74, 6) is -1.53. The highest BCUT2D eigenvalue weighted by Crippen LogP contribution is 2.20. The molecule has 0 aromatic heterocycles. The van der Waals surface area contributed by atoms with Gasteiger partial charge in [-0.25, -0.2) is 0 Å². The van der Waals surface area contributed by atoms with Crippen LogP contribution in [0, 0.1) is 0 Å². The first-order chi connectivity index (χ1) is 9.00. The fourth-order valence-electron chi connectivity index (χ4n) is 2.58. The van der Waals surface area contributed by atoms with E-state index in [1.165, 1.54) is 4.90 Å². The molecule has 19 heavy (non-hydrogen) atoms. The van der Waals surface area contributed by atoms with Crippen molar-refractivity contribution in [3.63, 3.8) is 0 Å². The van der Waals surface area contributed by atoms with Crippen LogP contribution in [-0.4, -0.2) is 52.6 Å². The lowest BCUT2D eigenvalue weighted by Crippen LogP contribution is -2.51. The number of hydrogen-bond donors (Lipinski definition) is 1. The lowest BCUT2D eigenvalue weighted by atomic mass is 10.1. The van der Waals surface area contributed by atoms with Crippen molar-refractivity contribution >= 4 is 23.6 Å². The number of nitrogens with zero attached hydrogens (tertiary/aromatic N) is 2. The maximum absolute atomic E-state index is 12.3. The van der Waals surface area contributed by atoms with Gasteiger partial charge in [-0.05, 0) is 12.8 Å². The second kappa shape index (κ2) is 5.38. The van der Waals surface area contributed by atoms with Gasteiger partial charge in [0.05, 0.1) is 6.42 Å². The summed E-state index contributed by atoms with van der Waals surface area (Å²) in [6.07, 6.45) is 1.77. The molecular formula is C12H17N3O4. The van der Waals surface area contributed by atoms with Gasteiger partial charge in [-0.2, -0.15) is 0 Å². The van der Waals surface area contributed by atoms with Crippen molar-refractivity contribution in [1.29, 1.82) is 0 Å². The first-order valence-corrected chi connectivity index (χ1v) is 6.42. The monoisotopic (exact) mass is 267 g/mol. The molecule has 2 aliphatic rings. The molecule has 0 spiro atoms. The van der Waals surface area contributed by atoms with Crippen molar-refractivity contribution in [2.24, 2.45) is 5.73 Å². The number of hydrogen-bond acceptors (Lipinski definition) is 4. The summed E-state index contributed by atoms with van der Waals surface area (Å²) in [5.41, 5.74) is 5.14. The smallest absolute Gasteiger partial charge is 0.252 e. The van der Waals surface area contributed by atoms with Gasteiger partial charge in [0, 0.05) is 25.9 Å². The van der Waals surface area contributed by atoms with Gasteiger partial charge in [-0.15, -0.1) is 0 Å². The highest BCUT2D eigenvalue weighted by Gasteiger charge is 2.39. The highest BCUT2D eigenvalue weighted by molar-refractivity contribution is 6.02. The van der Waals surface area contributed by atoms with E-state index in [2.05, 4.69) is 0 Å². The Bertz CT molecular complexity index is 435. The van der Waals surface area contributed by atoms with Gasteiger partial charge in [0.25, 0.3) is 5.91 Å². The number of carbonyl (C=O) groups excluding carboxylic acids is 4. The van der Waals surface area contributed by atoms with Gasteiger partial charge in [0.15, 0.2) is 0 Å². The lowest BCUT2D eigenvalue weighted by molar-refractivity contribution is -0.150. The molecule has 1 unspecified atom stereocenters. The fourth-order valence-corrected chi connectivity index (χ4v) is 2.58. The minimum Gasteiger partial charge on any atom is -0.370 e. The normalized spacial score (nSPS) is 21.1. The van der Waals surface area contributed by atoms with Crippen LogP contribution in [0.15, 0.2) is 0 Å². The molecular weight excluding hydrogens is 250 g/mol. The molecule has 2 fully saturated rings. The SMILES string of the molecule is NC(=O)CC(C(=O)N1CCCC1=O)N1CCCC1=O. The minimum absolute atomic E-state index is 0.161. The van der Waals surface area contributed by atoms with Crippen molar-refractivity contribution in [3.8, 4) is 0 Å². The van der Waals surface area contributed by atoms with Crippen LogP contribution in [0.25, 0.3) is 0 Å². The molecule has 2 N–H and O–H groups in total. The Labute approximate surface area is 110 Å². The molecule has 2 heterocycles. The average molecular weight is 267 g/mol. The van der Waals surface area contributed by atoms with Crippen LogP contribution in [0.1, 0.15) is 32.1 Å². The fraction of sp³-hybridized carbons (Fsp3) is 0.667. The summed E-state index contributed by atoms with van der Waals surface area (Å²) in [4.78, 5) is 49.2. The maximum Gasteiger partial charge on any atom is 0.252 e. The molecule has 2 aliphatic heterocycles. The Morgan fingerprint density at radius 1 is 1.11 bits per heavy atom.